The molecule has 0 atom stereocenters. The third-order valence-corrected chi connectivity index (χ3v) is 4.18. The van der Waals surface area contributed by atoms with Crippen LogP contribution in [0.3, 0.4) is 0 Å². The Morgan fingerprint density at radius 3 is 2.78 bits per heavy atom. The van der Waals surface area contributed by atoms with Crippen molar-refractivity contribution in [3.05, 3.63) is 71.0 Å². The Morgan fingerprint density at radius 1 is 1.37 bits per heavy atom. The molecule has 3 aromatic rings. The van der Waals surface area contributed by atoms with Gasteiger partial charge in [-0.25, -0.2) is 4.98 Å². The Morgan fingerprint density at radius 2 is 2.11 bits per heavy atom. The molecule has 2 aromatic heterocycles. The van der Waals surface area contributed by atoms with Gasteiger partial charge in [-0.05, 0) is 12.0 Å². The average molecular weight is 367 g/mol. The molecule has 0 amide bonds. The Labute approximate surface area is 156 Å². The predicted octanol–water partition coefficient (Wildman–Crippen LogP) is 2.24. The number of likely N-dealkylation sites (N-methyl/N-ethyl adjacent to an activating group) is 1. The van der Waals surface area contributed by atoms with Gasteiger partial charge in [-0.15, -0.1) is 0 Å². The van der Waals surface area contributed by atoms with Crippen molar-refractivity contribution in [2.45, 2.75) is 6.42 Å². The molecule has 0 aliphatic carbocycles. The highest BCUT2D eigenvalue weighted by molar-refractivity contribution is 5.75. The van der Waals surface area contributed by atoms with Crippen LogP contribution < -0.4 is 15.8 Å². The van der Waals surface area contributed by atoms with Gasteiger partial charge in [0.25, 0.3) is 5.56 Å². The molecule has 140 valence electrons. The van der Waals surface area contributed by atoms with Gasteiger partial charge in [0, 0.05) is 20.6 Å². The maximum Gasteiger partial charge on any atom is 0.297 e. The zero-order chi connectivity index (χ0) is 19.4. The molecular formula is C19H21N5O3. The maximum absolute atomic E-state index is 12.4. The van der Waals surface area contributed by atoms with E-state index >= 15 is 0 Å². The van der Waals surface area contributed by atoms with Gasteiger partial charge in [-0.1, -0.05) is 42.1 Å². The first kappa shape index (κ1) is 18.2. The number of rotatable bonds is 7. The van der Waals surface area contributed by atoms with Gasteiger partial charge >= 0.3 is 0 Å². The zero-order valence-electron chi connectivity index (χ0n) is 15.2. The largest absolute Gasteiger partial charge is 0.501 e. The normalized spacial score (nSPS) is 10.6. The fraction of sp³-hybridized carbons (Fsp3) is 0.211. The highest BCUT2D eigenvalue weighted by Crippen LogP contribution is 2.23. The van der Waals surface area contributed by atoms with E-state index in [1.165, 1.54) is 22.6 Å². The maximum atomic E-state index is 12.4. The molecule has 0 saturated heterocycles. The van der Waals surface area contributed by atoms with E-state index in [0.29, 0.717) is 18.2 Å². The number of nitrogens with zero attached hydrogens (tertiary/aromatic N) is 4. The molecule has 2 N–H and O–H groups in total. The summed E-state index contributed by atoms with van der Waals surface area (Å²) in [6, 6.07) is 10.0. The molecule has 27 heavy (non-hydrogen) atoms. The molecule has 0 aliphatic heterocycles. The van der Waals surface area contributed by atoms with Crippen LogP contribution in [-0.2, 0) is 13.5 Å². The van der Waals surface area contributed by atoms with Gasteiger partial charge in [-0.2, -0.15) is 0 Å². The summed E-state index contributed by atoms with van der Waals surface area (Å²) in [6.45, 7) is 4.51. The van der Waals surface area contributed by atoms with E-state index in [4.69, 9.17) is 4.52 Å². The summed E-state index contributed by atoms with van der Waals surface area (Å²) in [6.07, 6.45) is 3.63. The molecule has 1 aromatic carbocycles. The SMILES string of the molecule is C=C(Nc1cnoc1)c1nc(N(C)CCc2ccccc2)n(C)c(=O)c1O. The standard InChI is InChI=1S/C19H21N5O3/c1-13(21-15-11-20-27-12-15)16-17(25)18(26)24(3)19(22-16)23(2)10-9-14-7-5-4-6-8-14/h4-8,11-12,21,25H,1,9-10H2,2-3H3. The fourth-order valence-electron chi connectivity index (χ4n) is 2.67. The van der Waals surface area contributed by atoms with E-state index in [1.54, 1.807) is 7.05 Å². The molecule has 3 rings (SSSR count). The molecule has 8 heteroatoms. The Balaban J connectivity index is 1.85. The number of aromatic hydroxyl groups is 1. The third-order valence-electron chi connectivity index (χ3n) is 4.18. The van der Waals surface area contributed by atoms with Gasteiger partial charge in [-0.3, -0.25) is 9.36 Å². The minimum Gasteiger partial charge on any atom is -0.501 e. The first-order valence-corrected chi connectivity index (χ1v) is 8.38. The molecule has 0 radical (unpaired) electrons. The summed E-state index contributed by atoms with van der Waals surface area (Å²) < 4.78 is 6.07. The number of aromatic nitrogens is 3. The first-order valence-electron chi connectivity index (χ1n) is 8.38. The molecule has 0 saturated carbocycles. The molecule has 0 unspecified atom stereocenters. The molecule has 0 bridgehead atoms. The van der Waals surface area contributed by atoms with Gasteiger partial charge in [0.2, 0.25) is 11.7 Å². The van der Waals surface area contributed by atoms with Crippen LogP contribution in [0, 0.1) is 0 Å². The van der Waals surface area contributed by atoms with E-state index in [-0.39, 0.29) is 11.4 Å². The van der Waals surface area contributed by atoms with E-state index < -0.39 is 11.3 Å². The van der Waals surface area contributed by atoms with Crippen LogP contribution in [0.15, 0.2) is 58.7 Å². The summed E-state index contributed by atoms with van der Waals surface area (Å²) in [5, 5.41) is 16.7. The van der Waals surface area contributed by atoms with E-state index in [2.05, 4.69) is 22.0 Å². The van der Waals surface area contributed by atoms with E-state index in [0.717, 1.165) is 6.42 Å². The van der Waals surface area contributed by atoms with Crippen molar-refractivity contribution in [3.63, 3.8) is 0 Å². The van der Waals surface area contributed by atoms with E-state index in [9.17, 15) is 9.90 Å². The zero-order valence-corrected chi connectivity index (χ0v) is 15.2. The lowest BCUT2D eigenvalue weighted by Crippen LogP contribution is -2.31. The lowest BCUT2D eigenvalue weighted by atomic mass is 10.1. The van der Waals surface area contributed by atoms with E-state index in [1.807, 2.05) is 42.3 Å². The predicted molar refractivity (Wildman–Crippen MR) is 104 cm³/mol. The van der Waals surface area contributed by atoms with Gasteiger partial charge in [0.15, 0.2) is 0 Å². The molecule has 0 fully saturated rings. The third kappa shape index (κ3) is 4.00. The summed E-state index contributed by atoms with van der Waals surface area (Å²) in [7, 11) is 3.42. The fourth-order valence-corrected chi connectivity index (χ4v) is 2.67. The second-order valence-corrected chi connectivity index (χ2v) is 6.15. The lowest BCUT2D eigenvalue weighted by molar-refractivity contribution is 0.420. The molecule has 0 spiro atoms. The van der Waals surface area contributed by atoms with Crippen LogP contribution in [0.5, 0.6) is 5.75 Å². The topological polar surface area (TPSA) is 96.4 Å². The van der Waals surface area contributed by atoms with Crippen molar-refractivity contribution in [2.24, 2.45) is 7.05 Å². The number of anilines is 2. The number of hydrogen-bond donors (Lipinski definition) is 2. The summed E-state index contributed by atoms with van der Waals surface area (Å²) in [4.78, 5) is 18.8. The Bertz CT molecular complexity index is 981. The summed E-state index contributed by atoms with van der Waals surface area (Å²) >= 11 is 0. The smallest absolute Gasteiger partial charge is 0.297 e. The first-order chi connectivity index (χ1) is 13.0. The van der Waals surface area contributed by atoms with Crippen LogP contribution in [0.25, 0.3) is 5.70 Å². The Hall–Kier alpha value is -3.55. The molecule has 0 aliphatic rings. The second kappa shape index (κ2) is 7.77. The van der Waals surface area contributed by atoms with Crippen LogP contribution >= 0.6 is 0 Å². The minimum absolute atomic E-state index is 0.0841. The van der Waals surface area contributed by atoms with Crippen LogP contribution in [0.2, 0.25) is 0 Å². The van der Waals surface area contributed by atoms with Crippen LogP contribution in [0.4, 0.5) is 11.6 Å². The summed E-state index contributed by atoms with van der Waals surface area (Å²) in [5.41, 5.74) is 1.54. The highest BCUT2D eigenvalue weighted by Gasteiger charge is 2.19. The Kier molecular flexibility index (Phi) is 5.25. The van der Waals surface area contributed by atoms with Crippen molar-refractivity contribution in [1.29, 1.82) is 0 Å². The average Bonchev–Trinajstić information content (AvgIpc) is 3.18. The van der Waals surface area contributed by atoms with Crippen molar-refractivity contribution in [1.82, 2.24) is 14.7 Å². The van der Waals surface area contributed by atoms with Gasteiger partial charge < -0.3 is 19.8 Å². The monoisotopic (exact) mass is 367 g/mol. The van der Waals surface area contributed by atoms with Crippen LogP contribution in [-0.4, -0.2) is 33.4 Å². The van der Waals surface area contributed by atoms with Crippen molar-refractivity contribution in [2.75, 3.05) is 23.8 Å². The molecular weight excluding hydrogens is 346 g/mol. The second-order valence-electron chi connectivity index (χ2n) is 6.15. The van der Waals surface area contributed by atoms with Crippen LogP contribution in [0.1, 0.15) is 11.3 Å². The van der Waals surface area contributed by atoms with Gasteiger partial charge in [0.1, 0.15) is 12.0 Å². The van der Waals surface area contributed by atoms with Crippen molar-refractivity contribution < 1.29 is 9.63 Å². The minimum atomic E-state index is -0.546. The number of nitrogens with one attached hydrogen (secondary N) is 1. The molecule has 2 heterocycles. The van der Waals surface area contributed by atoms with Gasteiger partial charge in [0.05, 0.1) is 17.6 Å². The number of benzene rings is 1. The lowest BCUT2D eigenvalue weighted by Gasteiger charge is -2.22. The quantitative estimate of drug-likeness (QED) is 0.661. The van der Waals surface area contributed by atoms with Crippen molar-refractivity contribution in [3.8, 4) is 5.75 Å². The number of hydrogen-bond acceptors (Lipinski definition) is 7. The summed E-state index contributed by atoms with van der Waals surface area (Å²) in [5.74, 6) is -0.0383. The van der Waals surface area contributed by atoms with Crippen molar-refractivity contribution >= 4 is 17.3 Å². The molecule has 8 nitrogen and oxygen atoms in total. The highest BCUT2D eigenvalue weighted by atomic mass is 16.5.